The van der Waals surface area contributed by atoms with Crippen molar-refractivity contribution in [3.8, 4) is 5.75 Å². The van der Waals surface area contributed by atoms with Gasteiger partial charge in [-0.25, -0.2) is 0 Å². The molecule has 1 amide bonds. The first-order valence-corrected chi connectivity index (χ1v) is 7.30. The van der Waals surface area contributed by atoms with Gasteiger partial charge in [0.05, 0.1) is 18.4 Å². The second-order valence-electron chi connectivity index (χ2n) is 4.85. The lowest BCUT2D eigenvalue weighted by molar-refractivity contribution is -0.136. The molecule has 0 aliphatic heterocycles. The standard InChI is InChI=1S/C16H16ClNO5/c1-10-9-23-13(8-14(19)20)15(10)16(21)18-6-7-22-12-4-2-11(17)3-5-12/h2-5,9H,6-8H2,1H3,(H,18,21)(H,19,20). The van der Waals surface area contributed by atoms with Crippen LogP contribution in [0.5, 0.6) is 5.75 Å². The summed E-state index contributed by atoms with van der Waals surface area (Å²) < 4.78 is 10.6. The zero-order chi connectivity index (χ0) is 16.8. The highest BCUT2D eigenvalue weighted by atomic mass is 35.5. The number of benzene rings is 1. The van der Waals surface area contributed by atoms with Crippen molar-refractivity contribution in [1.82, 2.24) is 5.32 Å². The molecule has 0 atom stereocenters. The summed E-state index contributed by atoms with van der Waals surface area (Å²) in [7, 11) is 0. The van der Waals surface area contributed by atoms with E-state index in [1.165, 1.54) is 6.26 Å². The number of furan rings is 1. The molecule has 122 valence electrons. The van der Waals surface area contributed by atoms with E-state index < -0.39 is 5.97 Å². The minimum absolute atomic E-state index is 0.145. The van der Waals surface area contributed by atoms with Gasteiger partial charge in [0.25, 0.3) is 5.91 Å². The number of aryl methyl sites for hydroxylation is 1. The fraction of sp³-hybridized carbons (Fsp3) is 0.250. The number of amides is 1. The van der Waals surface area contributed by atoms with Crippen molar-refractivity contribution in [1.29, 1.82) is 0 Å². The molecule has 2 rings (SSSR count). The van der Waals surface area contributed by atoms with Crippen molar-refractivity contribution in [2.45, 2.75) is 13.3 Å². The fourth-order valence-corrected chi connectivity index (χ4v) is 2.15. The Morgan fingerprint density at radius 1 is 1.30 bits per heavy atom. The number of nitrogens with one attached hydrogen (secondary N) is 1. The average molecular weight is 338 g/mol. The molecule has 0 saturated carbocycles. The normalized spacial score (nSPS) is 10.3. The quantitative estimate of drug-likeness (QED) is 0.758. The monoisotopic (exact) mass is 337 g/mol. The number of hydrogen-bond acceptors (Lipinski definition) is 4. The van der Waals surface area contributed by atoms with Gasteiger partial charge in [-0.15, -0.1) is 0 Å². The number of hydrogen-bond donors (Lipinski definition) is 2. The Balaban J connectivity index is 1.86. The van der Waals surface area contributed by atoms with Crippen LogP contribution in [0.2, 0.25) is 5.02 Å². The maximum atomic E-state index is 12.1. The third kappa shape index (κ3) is 4.75. The lowest BCUT2D eigenvalue weighted by atomic mass is 10.1. The Morgan fingerprint density at radius 3 is 2.65 bits per heavy atom. The molecule has 0 fully saturated rings. The molecule has 0 aliphatic carbocycles. The summed E-state index contributed by atoms with van der Waals surface area (Å²) in [5, 5.41) is 12.1. The average Bonchev–Trinajstić information content (AvgIpc) is 2.85. The largest absolute Gasteiger partial charge is 0.492 e. The molecule has 23 heavy (non-hydrogen) atoms. The number of carboxylic acids is 1. The van der Waals surface area contributed by atoms with Crippen molar-refractivity contribution in [2.24, 2.45) is 0 Å². The molecule has 1 heterocycles. The molecule has 0 radical (unpaired) electrons. The van der Waals surface area contributed by atoms with Gasteiger partial charge in [0.1, 0.15) is 24.5 Å². The number of halogens is 1. The number of aliphatic carboxylic acids is 1. The lowest BCUT2D eigenvalue weighted by Gasteiger charge is -2.08. The molecule has 1 aromatic heterocycles. The van der Waals surface area contributed by atoms with Crippen molar-refractivity contribution in [2.75, 3.05) is 13.2 Å². The van der Waals surface area contributed by atoms with Gasteiger partial charge >= 0.3 is 5.97 Å². The number of carbonyl (C=O) groups is 2. The molecule has 0 saturated heterocycles. The van der Waals surface area contributed by atoms with Crippen molar-refractivity contribution < 1.29 is 23.8 Å². The molecular formula is C16H16ClNO5. The Morgan fingerprint density at radius 2 is 2.00 bits per heavy atom. The van der Waals surface area contributed by atoms with Crippen LogP contribution in [0.15, 0.2) is 34.9 Å². The molecule has 0 aliphatic rings. The second-order valence-corrected chi connectivity index (χ2v) is 5.28. The molecule has 7 heteroatoms. The van der Waals surface area contributed by atoms with E-state index in [2.05, 4.69) is 5.32 Å². The zero-order valence-electron chi connectivity index (χ0n) is 12.5. The van der Waals surface area contributed by atoms with Crippen LogP contribution in [-0.2, 0) is 11.2 Å². The molecule has 2 aromatic rings. The van der Waals surface area contributed by atoms with Crippen molar-refractivity contribution in [3.05, 3.63) is 52.4 Å². The van der Waals surface area contributed by atoms with Gasteiger partial charge in [0.2, 0.25) is 0 Å². The lowest BCUT2D eigenvalue weighted by Crippen LogP contribution is -2.29. The van der Waals surface area contributed by atoms with Crippen LogP contribution in [0.4, 0.5) is 0 Å². The summed E-state index contributed by atoms with van der Waals surface area (Å²) in [6.07, 6.45) is 1.04. The van der Waals surface area contributed by atoms with Crippen LogP contribution in [0.3, 0.4) is 0 Å². The summed E-state index contributed by atoms with van der Waals surface area (Å²) in [5.41, 5.74) is 0.858. The summed E-state index contributed by atoms with van der Waals surface area (Å²) in [6.45, 7) is 2.24. The maximum Gasteiger partial charge on any atom is 0.311 e. The van der Waals surface area contributed by atoms with E-state index in [4.69, 9.17) is 25.9 Å². The van der Waals surface area contributed by atoms with Crippen LogP contribution in [0.1, 0.15) is 21.7 Å². The highest BCUT2D eigenvalue weighted by Gasteiger charge is 2.20. The SMILES string of the molecule is Cc1coc(CC(=O)O)c1C(=O)NCCOc1ccc(Cl)cc1. The Labute approximate surface area is 138 Å². The van der Waals surface area contributed by atoms with E-state index in [1.807, 2.05) is 0 Å². The van der Waals surface area contributed by atoms with Gasteiger partial charge in [-0.05, 0) is 31.2 Å². The van der Waals surface area contributed by atoms with E-state index in [9.17, 15) is 9.59 Å². The second kappa shape index (κ2) is 7.69. The molecular weight excluding hydrogens is 322 g/mol. The molecule has 0 spiro atoms. The Kier molecular flexibility index (Phi) is 5.65. The molecule has 0 bridgehead atoms. The number of carbonyl (C=O) groups excluding carboxylic acids is 1. The topological polar surface area (TPSA) is 88.8 Å². The summed E-state index contributed by atoms with van der Waals surface area (Å²) in [5.74, 6) is -0.646. The van der Waals surface area contributed by atoms with Gasteiger partial charge in [-0.2, -0.15) is 0 Å². The minimum Gasteiger partial charge on any atom is -0.492 e. The molecule has 2 N–H and O–H groups in total. The first-order valence-electron chi connectivity index (χ1n) is 6.92. The van der Waals surface area contributed by atoms with Crippen LogP contribution in [0, 0.1) is 6.92 Å². The third-order valence-corrected chi connectivity index (χ3v) is 3.31. The van der Waals surface area contributed by atoms with Crippen LogP contribution >= 0.6 is 11.6 Å². The van der Waals surface area contributed by atoms with Crippen molar-refractivity contribution >= 4 is 23.5 Å². The summed E-state index contributed by atoms with van der Waals surface area (Å²) in [4.78, 5) is 22.9. The first-order chi connectivity index (χ1) is 11.0. The van der Waals surface area contributed by atoms with Gasteiger partial charge in [-0.3, -0.25) is 9.59 Å². The van der Waals surface area contributed by atoms with Crippen LogP contribution < -0.4 is 10.1 Å². The predicted molar refractivity (Wildman–Crippen MR) is 84.1 cm³/mol. The first kappa shape index (κ1) is 16.9. The minimum atomic E-state index is -1.06. The number of ether oxygens (including phenoxy) is 1. The molecule has 1 aromatic carbocycles. The third-order valence-electron chi connectivity index (χ3n) is 3.06. The van der Waals surface area contributed by atoms with E-state index in [1.54, 1.807) is 31.2 Å². The summed E-state index contributed by atoms with van der Waals surface area (Å²) >= 11 is 5.77. The van der Waals surface area contributed by atoms with E-state index in [0.29, 0.717) is 16.3 Å². The van der Waals surface area contributed by atoms with E-state index >= 15 is 0 Å². The van der Waals surface area contributed by atoms with E-state index in [-0.39, 0.29) is 36.8 Å². The van der Waals surface area contributed by atoms with E-state index in [0.717, 1.165) is 0 Å². The van der Waals surface area contributed by atoms with Crippen LogP contribution in [0.25, 0.3) is 0 Å². The Bertz CT molecular complexity index is 693. The highest BCUT2D eigenvalue weighted by molar-refractivity contribution is 6.30. The maximum absolute atomic E-state index is 12.1. The van der Waals surface area contributed by atoms with Crippen LogP contribution in [-0.4, -0.2) is 30.1 Å². The van der Waals surface area contributed by atoms with Crippen molar-refractivity contribution in [3.63, 3.8) is 0 Å². The predicted octanol–water partition coefficient (Wildman–Crippen LogP) is 2.68. The zero-order valence-corrected chi connectivity index (χ0v) is 13.2. The van der Waals surface area contributed by atoms with Gasteiger partial charge in [0, 0.05) is 10.6 Å². The van der Waals surface area contributed by atoms with Gasteiger partial charge in [0.15, 0.2) is 0 Å². The fourth-order valence-electron chi connectivity index (χ4n) is 2.02. The summed E-state index contributed by atoms with van der Waals surface area (Å²) in [6, 6.07) is 6.88. The Hall–Kier alpha value is -2.47. The van der Waals surface area contributed by atoms with Gasteiger partial charge < -0.3 is 19.6 Å². The molecule has 0 unspecified atom stereocenters. The highest BCUT2D eigenvalue weighted by Crippen LogP contribution is 2.17. The number of carboxylic acid groups (broad SMARTS) is 1. The number of rotatable bonds is 7. The smallest absolute Gasteiger partial charge is 0.311 e. The molecule has 6 nitrogen and oxygen atoms in total. The van der Waals surface area contributed by atoms with Gasteiger partial charge in [-0.1, -0.05) is 11.6 Å².